The molecular formula is C25H32ClNO6. The number of oxime groups is 1. The number of aliphatic hydroxyl groups excluding tert-OH is 4. The smallest absolute Gasteiger partial charge is 0.114 e. The molecule has 33 heavy (non-hydrogen) atoms. The van der Waals surface area contributed by atoms with Crippen molar-refractivity contribution in [3.05, 3.63) is 69.7 Å². The molecular weight excluding hydrogens is 446 g/mol. The van der Waals surface area contributed by atoms with Gasteiger partial charge < -0.3 is 30.0 Å². The van der Waals surface area contributed by atoms with E-state index in [0.29, 0.717) is 23.6 Å². The summed E-state index contributed by atoms with van der Waals surface area (Å²) in [5.74, 6) is 0. The molecule has 7 nitrogen and oxygen atoms in total. The Hall–Kier alpha value is -2.00. The molecule has 1 aliphatic rings. The summed E-state index contributed by atoms with van der Waals surface area (Å²) < 4.78 is 5.68. The van der Waals surface area contributed by atoms with Gasteiger partial charge in [-0.3, -0.25) is 0 Å². The first kappa shape index (κ1) is 25.6. The van der Waals surface area contributed by atoms with Crippen LogP contribution in [0.25, 0.3) is 0 Å². The van der Waals surface area contributed by atoms with Crippen molar-refractivity contribution in [2.45, 2.75) is 63.6 Å². The molecule has 180 valence electrons. The molecule has 2 aromatic carbocycles. The number of rotatable bonds is 9. The van der Waals surface area contributed by atoms with Gasteiger partial charge in [-0.2, -0.15) is 0 Å². The maximum absolute atomic E-state index is 10.4. The Kier molecular flexibility index (Phi) is 9.26. The predicted molar refractivity (Wildman–Crippen MR) is 126 cm³/mol. The number of nitrogens with zero attached hydrogens (tertiary/aromatic N) is 1. The van der Waals surface area contributed by atoms with Crippen LogP contribution in [0.15, 0.2) is 47.6 Å². The quantitative estimate of drug-likeness (QED) is 0.326. The minimum absolute atomic E-state index is 0.471. The van der Waals surface area contributed by atoms with E-state index in [2.05, 4.69) is 12.1 Å². The average molecular weight is 478 g/mol. The Morgan fingerprint density at radius 2 is 1.76 bits per heavy atom. The second-order valence-corrected chi connectivity index (χ2v) is 8.59. The van der Waals surface area contributed by atoms with Crippen LogP contribution in [0, 0.1) is 0 Å². The first-order chi connectivity index (χ1) is 15.9. The molecule has 0 saturated carbocycles. The lowest BCUT2D eigenvalue weighted by molar-refractivity contribution is -0.231. The third-order valence-corrected chi connectivity index (χ3v) is 6.13. The highest BCUT2D eigenvalue weighted by molar-refractivity contribution is 6.31. The van der Waals surface area contributed by atoms with Crippen LogP contribution in [0.2, 0.25) is 5.02 Å². The highest BCUT2D eigenvalue weighted by atomic mass is 35.5. The summed E-state index contributed by atoms with van der Waals surface area (Å²) in [7, 11) is 0. The van der Waals surface area contributed by atoms with Crippen molar-refractivity contribution in [1.82, 2.24) is 0 Å². The van der Waals surface area contributed by atoms with E-state index < -0.39 is 37.1 Å². The largest absolute Gasteiger partial charge is 0.396 e. The number of aliphatic hydroxyl groups is 4. The van der Waals surface area contributed by atoms with Gasteiger partial charge >= 0.3 is 0 Å². The Morgan fingerprint density at radius 3 is 2.39 bits per heavy atom. The van der Waals surface area contributed by atoms with Gasteiger partial charge in [-0.1, -0.05) is 66.5 Å². The summed E-state index contributed by atoms with van der Waals surface area (Å²) in [4.78, 5) is 5.24. The van der Waals surface area contributed by atoms with Crippen molar-refractivity contribution in [3.8, 4) is 0 Å². The van der Waals surface area contributed by atoms with Gasteiger partial charge in [0.05, 0.1) is 12.3 Å². The predicted octanol–water partition coefficient (Wildman–Crippen LogP) is 2.99. The van der Waals surface area contributed by atoms with Crippen LogP contribution in [-0.2, 0) is 16.0 Å². The second-order valence-electron chi connectivity index (χ2n) is 8.18. The van der Waals surface area contributed by atoms with Crippen LogP contribution in [0.4, 0.5) is 0 Å². The average Bonchev–Trinajstić information content (AvgIpc) is 2.82. The minimum Gasteiger partial charge on any atom is -0.396 e. The van der Waals surface area contributed by atoms with Gasteiger partial charge in [-0.15, -0.1) is 0 Å². The topological polar surface area (TPSA) is 112 Å². The number of halogens is 1. The molecule has 0 aromatic heterocycles. The number of benzene rings is 2. The van der Waals surface area contributed by atoms with Crippen LogP contribution in [-0.4, -0.2) is 63.8 Å². The number of ether oxygens (including phenoxy) is 1. The molecule has 0 radical (unpaired) electrons. The van der Waals surface area contributed by atoms with Gasteiger partial charge in [0.2, 0.25) is 0 Å². The van der Waals surface area contributed by atoms with Crippen LogP contribution in [0.1, 0.15) is 55.0 Å². The fraction of sp³-hybridized carbons (Fsp3) is 0.480. The molecule has 0 bridgehead atoms. The van der Waals surface area contributed by atoms with Crippen molar-refractivity contribution < 1.29 is 30.0 Å². The number of hydrogen-bond acceptors (Lipinski definition) is 7. The Labute approximate surface area is 199 Å². The van der Waals surface area contributed by atoms with Crippen molar-refractivity contribution in [1.29, 1.82) is 0 Å². The summed E-state index contributed by atoms with van der Waals surface area (Å²) >= 11 is 6.44. The zero-order chi connectivity index (χ0) is 24.0. The highest BCUT2D eigenvalue weighted by Gasteiger charge is 2.44. The SMILES string of the molecule is CCCC(=NOCC)c1ccc(Cc2cc([C@@H]3O[C@H](CO)[C@@H](O)[C@H](O)[C@H]3O)ccc2Cl)cc1. The molecule has 1 fully saturated rings. The van der Waals surface area contributed by atoms with Crippen molar-refractivity contribution in [2.75, 3.05) is 13.2 Å². The van der Waals surface area contributed by atoms with E-state index >= 15 is 0 Å². The molecule has 1 saturated heterocycles. The first-order valence-corrected chi connectivity index (χ1v) is 11.6. The summed E-state index contributed by atoms with van der Waals surface area (Å²) in [6.07, 6.45) is -3.67. The lowest BCUT2D eigenvalue weighted by Gasteiger charge is -2.40. The van der Waals surface area contributed by atoms with Gasteiger partial charge in [0.25, 0.3) is 0 Å². The van der Waals surface area contributed by atoms with Gasteiger partial charge in [0, 0.05) is 5.02 Å². The molecule has 0 aliphatic carbocycles. The maximum atomic E-state index is 10.4. The maximum Gasteiger partial charge on any atom is 0.114 e. The summed E-state index contributed by atoms with van der Waals surface area (Å²) in [6, 6.07) is 13.3. The molecule has 3 rings (SSSR count). The molecule has 0 unspecified atom stereocenters. The molecule has 1 heterocycles. The third-order valence-electron chi connectivity index (χ3n) is 5.76. The van der Waals surface area contributed by atoms with E-state index in [9.17, 15) is 20.4 Å². The van der Waals surface area contributed by atoms with E-state index in [1.165, 1.54) is 0 Å². The zero-order valence-electron chi connectivity index (χ0n) is 18.9. The van der Waals surface area contributed by atoms with Crippen molar-refractivity contribution in [2.24, 2.45) is 5.16 Å². The van der Waals surface area contributed by atoms with Crippen molar-refractivity contribution >= 4 is 17.3 Å². The normalized spacial score (nSPS) is 25.8. The molecule has 4 N–H and O–H groups in total. The summed E-state index contributed by atoms with van der Waals surface area (Å²) in [5.41, 5.74) is 4.40. The fourth-order valence-electron chi connectivity index (χ4n) is 3.94. The molecule has 1 aliphatic heterocycles. The minimum atomic E-state index is -1.43. The van der Waals surface area contributed by atoms with Gasteiger partial charge in [0.15, 0.2) is 0 Å². The van der Waals surface area contributed by atoms with Gasteiger partial charge in [0.1, 0.15) is 37.1 Å². The molecule has 5 atom stereocenters. The monoisotopic (exact) mass is 477 g/mol. The first-order valence-electron chi connectivity index (χ1n) is 11.3. The fourth-order valence-corrected chi connectivity index (χ4v) is 4.13. The molecule has 8 heteroatoms. The van der Waals surface area contributed by atoms with Crippen LogP contribution in [0.3, 0.4) is 0 Å². The third kappa shape index (κ3) is 6.12. The Bertz CT molecular complexity index is 933. The standard InChI is InChI=1S/C25H32ClNO6/c1-3-5-20(27-32-4-2)16-8-6-15(7-9-16)12-18-13-17(10-11-19(18)26)25-24(31)23(30)22(29)21(14-28)33-25/h6-11,13,21-25,28-31H,3-5,12,14H2,1-2H3/t21-,22-,23+,24-,25+/m1/s1. The zero-order valence-corrected chi connectivity index (χ0v) is 19.7. The Morgan fingerprint density at radius 1 is 1.03 bits per heavy atom. The lowest BCUT2D eigenvalue weighted by atomic mass is 9.90. The van der Waals surface area contributed by atoms with E-state index in [0.717, 1.165) is 35.2 Å². The van der Waals surface area contributed by atoms with E-state index in [4.69, 9.17) is 21.2 Å². The van der Waals surface area contributed by atoms with E-state index in [-0.39, 0.29) is 0 Å². The van der Waals surface area contributed by atoms with Gasteiger partial charge in [-0.05, 0) is 48.1 Å². The van der Waals surface area contributed by atoms with Crippen LogP contribution in [0.5, 0.6) is 0 Å². The Balaban J connectivity index is 1.80. The molecule has 0 amide bonds. The summed E-state index contributed by atoms with van der Waals surface area (Å²) in [5, 5.41) is 44.8. The van der Waals surface area contributed by atoms with Crippen LogP contribution >= 0.6 is 11.6 Å². The van der Waals surface area contributed by atoms with Crippen LogP contribution < -0.4 is 0 Å². The van der Waals surface area contributed by atoms with E-state index in [1.54, 1.807) is 12.1 Å². The lowest BCUT2D eigenvalue weighted by Crippen LogP contribution is -2.55. The molecule has 2 aromatic rings. The molecule has 0 spiro atoms. The number of hydrogen-bond donors (Lipinski definition) is 4. The highest BCUT2D eigenvalue weighted by Crippen LogP contribution is 2.34. The second kappa shape index (κ2) is 11.9. The summed E-state index contributed by atoms with van der Waals surface area (Å²) in [6.45, 7) is 4.05. The van der Waals surface area contributed by atoms with E-state index in [1.807, 2.05) is 37.3 Å². The van der Waals surface area contributed by atoms with Gasteiger partial charge in [-0.25, -0.2) is 0 Å². The van der Waals surface area contributed by atoms with Crippen molar-refractivity contribution in [3.63, 3.8) is 0 Å².